The fourth-order valence-corrected chi connectivity index (χ4v) is 3.63. The molecule has 1 N–H and O–H groups in total. The largest absolute Gasteiger partial charge is 0.310 e. The lowest BCUT2D eigenvalue weighted by Crippen LogP contribution is -2.47. The van der Waals surface area contributed by atoms with Crippen LogP contribution in [0.25, 0.3) is 0 Å². The highest BCUT2D eigenvalue weighted by atomic mass is 15.0. The van der Waals surface area contributed by atoms with Gasteiger partial charge in [-0.25, -0.2) is 0 Å². The van der Waals surface area contributed by atoms with Crippen LogP contribution in [0.4, 0.5) is 0 Å². The molecule has 0 radical (unpaired) electrons. The zero-order valence-corrected chi connectivity index (χ0v) is 11.3. The van der Waals surface area contributed by atoms with Gasteiger partial charge in [0, 0.05) is 12.1 Å². The van der Waals surface area contributed by atoms with Crippen molar-refractivity contribution in [2.24, 2.45) is 11.3 Å². The standard InChI is InChI=1S/C15H26N2/c1-15(2)9-5-7-13(10-15)17-14-8-4-3-6-12(14)11-16/h12-14,17H,3-10H2,1-2H3. The van der Waals surface area contributed by atoms with Crippen LogP contribution in [0.15, 0.2) is 0 Å². The van der Waals surface area contributed by atoms with Gasteiger partial charge in [0.15, 0.2) is 0 Å². The molecule has 2 heteroatoms. The van der Waals surface area contributed by atoms with Crippen molar-refractivity contribution in [2.45, 2.75) is 77.3 Å². The first-order valence-electron chi connectivity index (χ1n) is 7.26. The maximum absolute atomic E-state index is 9.20. The fraction of sp³-hybridized carbons (Fsp3) is 0.933. The average Bonchev–Trinajstić information content (AvgIpc) is 2.28. The summed E-state index contributed by atoms with van der Waals surface area (Å²) in [5.41, 5.74) is 0.493. The van der Waals surface area contributed by atoms with Crippen LogP contribution >= 0.6 is 0 Å². The van der Waals surface area contributed by atoms with Crippen molar-refractivity contribution in [1.82, 2.24) is 5.32 Å². The van der Waals surface area contributed by atoms with Crippen LogP contribution in [0.1, 0.15) is 65.2 Å². The third-order valence-corrected chi connectivity index (χ3v) is 4.59. The SMILES string of the molecule is CC1(C)CCCC(NC2CCCCC2C#N)C1. The Morgan fingerprint density at radius 1 is 1.12 bits per heavy atom. The molecule has 17 heavy (non-hydrogen) atoms. The first-order chi connectivity index (χ1) is 8.11. The molecule has 0 aromatic rings. The Balaban J connectivity index is 1.89. The third kappa shape index (κ3) is 3.45. The molecule has 3 atom stereocenters. The zero-order valence-electron chi connectivity index (χ0n) is 11.3. The van der Waals surface area contributed by atoms with Crippen molar-refractivity contribution < 1.29 is 0 Å². The third-order valence-electron chi connectivity index (χ3n) is 4.59. The van der Waals surface area contributed by atoms with Gasteiger partial charge in [-0.05, 0) is 37.5 Å². The Hall–Kier alpha value is -0.550. The van der Waals surface area contributed by atoms with Gasteiger partial charge in [0.05, 0.1) is 12.0 Å². The van der Waals surface area contributed by atoms with Gasteiger partial charge >= 0.3 is 0 Å². The van der Waals surface area contributed by atoms with E-state index in [9.17, 15) is 5.26 Å². The number of nitriles is 1. The minimum Gasteiger partial charge on any atom is -0.310 e. The molecule has 3 unspecified atom stereocenters. The molecule has 0 amide bonds. The lowest BCUT2D eigenvalue weighted by Gasteiger charge is -2.39. The summed E-state index contributed by atoms with van der Waals surface area (Å²) in [6.45, 7) is 4.76. The monoisotopic (exact) mass is 234 g/mol. The number of nitrogens with zero attached hydrogens (tertiary/aromatic N) is 1. The number of rotatable bonds is 2. The van der Waals surface area contributed by atoms with Gasteiger partial charge in [-0.3, -0.25) is 0 Å². The summed E-state index contributed by atoms with van der Waals surface area (Å²) in [6.07, 6.45) is 10.1. The second kappa shape index (κ2) is 5.40. The van der Waals surface area contributed by atoms with Crippen LogP contribution in [0, 0.1) is 22.7 Å². The van der Waals surface area contributed by atoms with E-state index in [1.807, 2.05) is 0 Å². The van der Waals surface area contributed by atoms with Crippen LogP contribution in [-0.2, 0) is 0 Å². The van der Waals surface area contributed by atoms with E-state index in [1.165, 1.54) is 44.9 Å². The molecule has 0 saturated heterocycles. The molecule has 2 aliphatic rings. The van der Waals surface area contributed by atoms with E-state index >= 15 is 0 Å². The van der Waals surface area contributed by atoms with Crippen molar-refractivity contribution in [3.63, 3.8) is 0 Å². The van der Waals surface area contributed by atoms with Crippen LogP contribution in [0.2, 0.25) is 0 Å². The second-order valence-electron chi connectivity index (χ2n) is 6.75. The minimum absolute atomic E-state index is 0.258. The van der Waals surface area contributed by atoms with E-state index in [-0.39, 0.29) is 5.92 Å². The predicted octanol–water partition coefficient (Wildman–Crippen LogP) is 3.63. The highest BCUT2D eigenvalue weighted by molar-refractivity contribution is 4.96. The van der Waals surface area contributed by atoms with E-state index in [4.69, 9.17) is 0 Å². The Morgan fingerprint density at radius 3 is 2.59 bits per heavy atom. The molecule has 2 aliphatic carbocycles. The summed E-state index contributed by atoms with van der Waals surface area (Å²) >= 11 is 0. The molecule has 2 nitrogen and oxygen atoms in total. The molecule has 0 aliphatic heterocycles. The summed E-state index contributed by atoms with van der Waals surface area (Å²) < 4.78 is 0. The normalized spacial score (nSPS) is 37.4. The molecule has 0 bridgehead atoms. The first kappa shape index (κ1) is 12.9. The van der Waals surface area contributed by atoms with Gasteiger partial charge < -0.3 is 5.32 Å². The summed E-state index contributed by atoms with van der Waals surface area (Å²) in [6, 6.07) is 3.62. The van der Waals surface area contributed by atoms with Crippen LogP contribution in [0.5, 0.6) is 0 Å². The van der Waals surface area contributed by atoms with Crippen LogP contribution < -0.4 is 5.32 Å². The lowest BCUT2D eigenvalue weighted by molar-refractivity contribution is 0.171. The number of hydrogen-bond acceptors (Lipinski definition) is 2. The van der Waals surface area contributed by atoms with Crippen molar-refractivity contribution in [3.05, 3.63) is 0 Å². The highest BCUT2D eigenvalue weighted by Crippen LogP contribution is 2.36. The van der Waals surface area contributed by atoms with Gasteiger partial charge in [-0.1, -0.05) is 33.1 Å². The quantitative estimate of drug-likeness (QED) is 0.792. The highest BCUT2D eigenvalue weighted by Gasteiger charge is 2.32. The van der Waals surface area contributed by atoms with Crippen LogP contribution in [-0.4, -0.2) is 12.1 Å². The molecular formula is C15H26N2. The molecule has 96 valence electrons. The molecule has 2 saturated carbocycles. The van der Waals surface area contributed by atoms with Crippen molar-refractivity contribution in [3.8, 4) is 6.07 Å². The smallest absolute Gasteiger partial charge is 0.0672 e. The fourth-order valence-electron chi connectivity index (χ4n) is 3.63. The Labute approximate surface area is 106 Å². The van der Waals surface area contributed by atoms with Crippen molar-refractivity contribution in [1.29, 1.82) is 5.26 Å². The molecule has 2 rings (SSSR count). The molecule has 0 heterocycles. The Bertz CT molecular complexity index is 290. The zero-order chi connectivity index (χ0) is 12.3. The summed E-state index contributed by atoms with van der Waals surface area (Å²) in [4.78, 5) is 0. The molecule has 2 fully saturated rings. The molecule has 0 aromatic heterocycles. The van der Waals surface area contributed by atoms with Gasteiger partial charge in [0.25, 0.3) is 0 Å². The maximum Gasteiger partial charge on any atom is 0.0672 e. The molecule has 0 aromatic carbocycles. The average molecular weight is 234 g/mol. The van der Waals surface area contributed by atoms with Crippen molar-refractivity contribution in [2.75, 3.05) is 0 Å². The molecule has 0 spiro atoms. The topological polar surface area (TPSA) is 35.8 Å². The lowest BCUT2D eigenvalue weighted by atomic mass is 9.74. The summed E-state index contributed by atoms with van der Waals surface area (Å²) in [5, 5.41) is 13.0. The number of nitrogens with one attached hydrogen (secondary N) is 1. The maximum atomic E-state index is 9.20. The summed E-state index contributed by atoms with van der Waals surface area (Å²) in [5.74, 6) is 0.258. The predicted molar refractivity (Wildman–Crippen MR) is 70.5 cm³/mol. The van der Waals surface area contributed by atoms with E-state index in [0.29, 0.717) is 17.5 Å². The Morgan fingerprint density at radius 2 is 1.88 bits per heavy atom. The first-order valence-corrected chi connectivity index (χ1v) is 7.26. The minimum atomic E-state index is 0.258. The van der Waals surface area contributed by atoms with Gasteiger partial charge in [-0.15, -0.1) is 0 Å². The van der Waals surface area contributed by atoms with Crippen molar-refractivity contribution >= 4 is 0 Å². The van der Waals surface area contributed by atoms with E-state index in [1.54, 1.807) is 0 Å². The van der Waals surface area contributed by atoms with Gasteiger partial charge in [-0.2, -0.15) is 5.26 Å². The van der Waals surface area contributed by atoms with E-state index in [0.717, 1.165) is 6.42 Å². The van der Waals surface area contributed by atoms with Crippen LogP contribution in [0.3, 0.4) is 0 Å². The Kier molecular flexibility index (Phi) is 4.09. The van der Waals surface area contributed by atoms with Gasteiger partial charge in [0.2, 0.25) is 0 Å². The van der Waals surface area contributed by atoms with E-state index in [2.05, 4.69) is 25.2 Å². The van der Waals surface area contributed by atoms with Gasteiger partial charge in [0.1, 0.15) is 0 Å². The summed E-state index contributed by atoms with van der Waals surface area (Å²) in [7, 11) is 0. The molecular weight excluding hydrogens is 208 g/mol. The number of hydrogen-bond donors (Lipinski definition) is 1. The van der Waals surface area contributed by atoms with E-state index < -0.39 is 0 Å². The second-order valence-corrected chi connectivity index (χ2v) is 6.75.